The number of hydrogen-bond acceptors (Lipinski definition) is 9. The molecule has 0 unspecified atom stereocenters. The van der Waals surface area contributed by atoms with Gasteiger partial charge in [0.15, 0.2) is 0 Å². The first-order chi connectivity index (χ1) is 24.0. The Kier molecular flexibility index (Phi) is 17.1. The van der Waals surface area contributed by atoms with Gasteiger partial charge in [-0.2, -0.15) is 52.7 Å². The molecule has 36 heteroatoms. The standard InChI is InChI=1S/C18H18F24N3O6P3/c19-7(20)13(31,32)1-46-52(47-2-14(33,34)8(21)22)43-53(48-3-15(35,36)9(23)24,49-4-16(37,38)10(25)26)45-54(44-52,50-5-17(39,40)11(27)28)51-6-18(41,42)12(29)30/h7-12H,1-6H2. The van der Waals surface area contributed by atoms with E-state index in [4.69, 9.17) is 0 Å². The maximum absolute atomic E-state index is 13.9. The van der Waals surface area contributed by atoms with Gasteiger partial charge >= 0.3 is 97.1 Å². The largest absolute Gasteiger partial charge is 0.349 e. The maximum Gasteiger partial charge on any atom is 0.349 e. The van der Waals surface area contributed by atoms with Crippen molar-refractivity contribution in [3.05, 3.63) is 0 Å². The number of alkyl halides is 24. The zero-order chi connectivity index (χ0) is 42.6. The van der Waals surface area contributed by atoms with E-state index in [0.29, 0.717) is 0 Å². The average molecular weight is 921 g/mol. The van der Waals surface area contributed by atoms with Crippen LogP contribution >= 0.6 is 23.0 Å². The molecular weight excluding hydrogens is 903 g/mol. The van der Waals surface area contributed by atoms with Crippen molar-refractivity contribution in [2.45, 2.75) is 74.1 Å². The van der Waals surface area contributed by atoms with Crippen molar-refractivity contribution in [2.75, 3.05) is 39.6 Å². The molecule has 0 bridgehead atoms. The molecule has 0 aromatic carbocycles. The molecule has 0 amide bonds. The lowest BCUT2D eigenvalue weighted by Crippen LogP contribution is -2.35. The number of halogens is 24. The molecule has 1 rings (SSSR count). The third-order valence-electron chi connectivity index (χ3n) is 5.14. The van der Waals surface area contributed by atoms with E-state index in [1.807, 2.05) is 0 Å². The van der Waals surface area contributed by atoms with Crippen LogP contribution in [0.15, 0.2) is 13.5 Å². The first-order valence-corrected chi connectivity index (χ1v) is 17.4. The van der Waals surface area contributed by atoms with Gasteiger partial charge in [-0.05, 0) is 0 Å². The lowest BCUT2D eigenvalue weighted by molar-refractivity contribution is -0.159. The highest BCUT2D eigenvalue weighted by molar-refractivity contribution is 7.78. The second-order valence-electron chi connectivity index (χ2n) is 9.75. The lowest BCUT2D eigenvalue weighted by Gasteiger charge is -2.35. The van der Waals surface area contributed by atoms with Crippen LogP contribution in [0.1, 0.15) is 0 Å². The number of rotatable bonds is 24. The summed E-state index contributed by atoms with van der Waals surface area (Å²) in [5.41, 5.74) is 0. The summed E-state index contributed by atoms with van der Waals surface area (Å²) in [6.07, 6.45) is -30.0. The average Bonchev–Trinajstić information content (AvgIpc) is 3.03. The Labute approximate surface area is 283 Å². The fraction of sp³-hybridized carbons (Fsp3) is 1.00. The molecule has 0 saturated carbocycles. The lowest BCUT2D eigenvalue weighted by atomic mass is 10.4. The van der Waals surface area contributed by atoms with Gasteiger partial charge < -0.3 is 0 Å². The van der Waals surface area contributed by atoms with Crippen LogP contribution in [0.5, 0.6) is 0 Å². The third kappa shape index (κ3) is 14.0. The topological polar surface area (TPSA) is 92.5 Å². The van der Waals surface area contributed by atoms with Crippen molar-refractivity contribution in [3.63, 3.8) is 0 Å². The SMILES string of the molecule is FC(F)C(F)(F)COP1(OCC(F)(F)C(F)F)=NP(OCC(F)(F)C(F)F)(OCC(F)(F)C(F)F)=NP(OCC(F)(F)C(F)F)(OCC(F)(F)C(F)F)=N1. The zero-order valence-electron chi connectivity index (χ0n) is 24.9. The quantitative estimate of drug-likeness (QED) is 0.0707. The van der Waals surface area contributed by atoms with Crippen molar-refractivity contribution in [1.29, 1.82) is 0 Å². The van der Waals surface area contributed by atoms with E-state index >= 15 is 0 Å². The summed E-state index contributed by atoms with van der Waals surface area (Å²) < 4.78 is 353. The predicted octanol–water partition coefficient (Wildman–Crippen LogP) is 11.3. The molecule has 0 saturated heterocycles. The Hall–Kier alpha value is -1.23. The summed E-state index contributed by atoms with van der Waals surface area (Å²) >= 11 is 0. The minimum absolute atomic E-state index is 2.53. The minimum atomic E-state index is -6.93. The van der Waals surface area contributed by atoms with Crippen LogP contribution in [0.2, 0.25) is 0 Å². The molecule has 0 N–H and O–H groups in total. The van der Waals surface area contributed by atoms with Crippen LogP contribution in [-0.4, -0.2) is 114 Å². The molecule has 0 radical (unpaired) electrons. The second-order valence-corrected chi connectivity index (χ2v) is 16.4. The molecule has 0 fully saturated rings. The van der Waals surface area contributed by atoms with Crippen LogP contribution in [0.3, 0.4) is 0 Å². The summed E-state index contributed by atoms with van der Waals surface area (Å²) in [6.45, 7) is -19.3. The summed E-state index contributed by atoms with van der Waals surface area (Å²) in [5, 5.41) is 0. The monoisotopic (exact) mass is 921 g/mol. The molecule has 1 aliphatic heterocycles. The van der Waals surface area contributed by atoms with Gasteiger partial charge in [-0.3, -0.25) is 27.1 Å². The molecule has 0 spiro atoms. The van der Waals surface area contributed by atoms with Gasteiger partial charge in [0.25, 0.3) is 0 Å². The molecule has 1 aliphatic rings. The van der Waals surface area contributed by atoms with Crippen molar-refractivity contribution in [1.82, 2.24) is 0 Å². The summed E-state index contributed by atoms with van der Waals surface area (Å²) in [7, 11) is -20.8. The summed E-state index contributed by atoms with van der Waals surface area (Å²) in [5.74, 6) is -34.5. The molecule has 1 heterocycles. The van der Waals surface area contributed by atoms with Gasteiger partial charge in [-0.25, -0.2) is 52.7 Å². The van der Waals surface area contributed by atoms with E-state index < -0.39 is 137 Å². The zero-order valence-corrected chi connectivity index (χ0v) is 27.6. The molecule has 54 heavy (non-hydrogen) atoms. The number of hydrogen-bond donors (Lipinski definition) is 0. The first kappa shape index (κ1) is 50.8. The second kappa shape index (κ2) is 18.1. The van der Waals surface area contributed by atoms with E-state index in [2.05, 4.69) is 40.7 Å². The Balaban J connectivity index is 4.58. The normalized spacial score (nSPS) is 18.6. The van der Waals surface area contributed by atoms with E-state index in [9.17, 15) is 105 Å². The molecule has 0 aromatic rings. The fourth-order valence-corrected chi connectivity index (χ4v) is 11.9. The molecule has 0 aromatic heterocycles. The Bertz CT molecular complexity index is 1140. The van der Waals surface area contributed by atoms with Crippen LogP contribution in [-0.2, 0) is 27.1 Å². The van der Waals surface area contributed by atoms with Crippen molar-refractivity contribution >= 4 is 23.0 Å². The Morgan fingerprint density at radius 3 is 0.481 bits per heavy atom. The number of nitrogens with zero attached hydrogens (tertiary/aromatic N) is 3. The van der Waals surface area contributed by atoms with E-state index in [0.717, 1.165) is 0 Å². The molecule has 324 valence electrons. The van der Waals surface area contributed by atoms with Crippen LogP contribution < -0.4 is 0 Å². The van der Waals surface area contributed by atoms with Gasteiger partial charge in [0.2, 0.25) is 0 Å². The summed E-state index contributed by atoms with van der Waals surface area (Å²) in [6, 6.07) is 0. The Morgan fingerprint density at radius 1 is 0.278 bits per heavy atom. The van der Waals surface area contributed by atoms with E-state index in [1.165, 1.54) is 0 Å². The molecule has 9 nitrogen and oxygen atoms in total. The predicted molar refractivity (Wildman–Crippen MR) is 129 cm³/mol. The fourth-order valence-electron chi connectivity index (χ4n) is 2.30. The maximum atomic E-state index is 13.9. The van der Waals surface area contributed by atoms with E-state index in [1.54, 1.807) is 0 Å². The third-order valence-corrected chi connectivity index (χ3v) is 13.4. The molecular formula is C18H18F24N3O6P3. The van der Waals surface area contributed by atoms with Gasteiger partial charge in [0, 0.05) is 0 Å². The van der Waals surface area contributed by atoms with Crippen LogP contribution in [0, 0.1) is 0 Å². The first-order valence-electron chi connectivity index (χ1n) is 12.8. The van der Waals surface area contributed by atoms with Crippen LogP contribution in [0.25, 0.3) is 0 Å². The van der Waals surface area contributed by atoms with E-state index in [-0.39, 0.29) is 0 Å². The minimum Gasteiger partial charge on any atom is -0.300 e. The van der Waals surface area contributed by atoms with Gasteiger partial charge in [0.1, 0.15) is 39.6 Å². The van der Waals surface area contributed by atoms with Gasteiger partial charge in [-0.1, -0.05) is 0 Å². The van der Waals surface area contributed by atoms with Crippen molar-refractivity contribution < 1.29 is 133 Å². The van der Waals surface area contributed by atoms with Gasteiger partial charge in [0.05, 0.1) is 0 Å². The summed E-state index contributed by atoms with van der Waals surface area (Å²) in [4.78, 5) is 0. The smallest absolute Gasteiger partial charge is 0.300 e. The highest BCUT2D eigenvalue weighted by Gasteiger charge is 2.55. The van der Waals surface area contributed by atoms with Crippen LogP contribution in [0.4, 0.5) is 105 Å². The highest BCUT2D eigenvalue weighted by Crippen LogP contribution is 2.81. The van der Waals surface area contributed by atoms with Crippen molar-refractivity contribution in [3.8, 4) is 0 Å². The molecule has 0 atom stereocenters. The van der Waals surface area contributed by atoms with Gasteiger partial charge in [-0.15, -0.1) is 13.5 Å². The Morgan fingerprint density at radius 2 is 0.389 bits per heavy atom. The van der Waals surface area contributed by atoms with Crippen molar-refractivity contribution in [2.24, 2.45) is 13.5 Å². The highest BCUT2D eigenvalue weighted by atomic mass is 31.3. The molecule has 0 aliphatic carbocycles.